The summed E-state index contributed by atoms with van der Waals surface area (Å²) >= 11 is 0. The first-order valence-electron chi connectivity index (χ1n) is 10.8. The molecular formula is C24H26N4O3S. The number of piperidine rings is 1. The van der Waals surface area contributed by atoms with Crippen LogP contribution in [0.1, 0.15) is 24.0 Å². The minimum atomic E-state index is -3.35. The van der Waals surface area contributed by atoms with Crippen molar-refractivity contribution in [3.05, 3.63) is 65.7 Å². The molecule has 0 radical (unpaired) electrons. The molecule has 3 heterocycles. The first kappa shape index (κ1) is 20.8. The lowest BCUT2D eigenvalue weighted by atomic mass is 9.74. The number of pyridine rings is 1. The molecular weight excluding hydrogens is 424 g/mol. The lowest BCUT2D eigenvalue weighted by Gasteiger charge is -2.39. The number of hydrogen-bond donors (Lipinski definition) is 1. The molecule has 2 aliphatic rings. The monoisotopic (exact) mass is 450 g/mol. The highest BCUT2D eigenvalue weighted by Crippen LogP contribution is 2.47. The Balaban J connectivity index is 1.32. The number of carbonyl (C=O) groups is 1. The number of aryl methyl sites for hydroxylation is 1. The number of anilines is 2. The highest BCUT2D eigenvalue weighted by molar-refractivity contribution is 7.92. The molecule has 2 amide bonds. The zero-order chi connectivity index (χ0) is 22.5. The number of carbonyl (C=O) groups excluding carboxylic acids is 1. The second-order valence-corrected chi connectivity index (χ2v) is 10.7. The summed E-state index contributed by atoms with van der Waals surface area (Å²) in [6.45, 7) is 3.56. The van der Waals surface area contributed by atoms with Crippen LogP contribution in [0.3, 0.4) is 0 Å². The van der Waals surface area contributed by atoms with Crippen LogP contribution in [0.2, 0.25) is 0 Å². The van der Waals surface area contributed by atoms with Gasteiger partial charge in [-0.25, -0.2) is 18.2 Å². The van der Waals surface area contributed by atoms with E-state index in [1.54, 1.807) is 4.90 Å². The van der Waals surface area contributed by atoms with E-state index in [-0.39, 0.29) is 11.4 Å². The first-order valence-corrected chi connectivity index (χ1v) is 12.6. The van der Waals surface area contributed by atoms with Gasteiger partial charge < -0.3 is 4.90 Å². The zero-order valence-corrected chi connectivity index (χ0v) is 19.0. The Kier molecular flexibility index (Phi) is 4.85. The number of nitrogens with one attached hydrogen (secondary N) is 1. The van der Waals surface area contributed by atoms with Crippen molar-refractivity contribution in [3.8, 4) is 0 Å². The summed E-state index contributed by atoms with van der Waals surface area (Å²) in [5.74, 6) is 0.534. The van der Waals surface area contributed by atoms with Crippen molar-refractivity contribution in [2.75, 3.05) is 35.5 Å². The Morgan fingerprint density at radius 1 is 1.03 bits per heavy atom. The van der Waals surface area contributed by atoms with E-state index in [9.17, 15) is 13.2 Å². The number of aromatic nitrogens is 1. The van der Waals surface area contributed by atoms with Gasteiger partial charge in [0.15, 0.2) is 0 Å². The summed E-state index contributed by atoms with van der Waals surface area (Å²) in [5, 5.41) is 3.97. The number of para-hydroxylation sites is 2. The van der Waals surface area contributed by atoms with Crippen LogP contribution < -0.4 is 9.62 Å². The topological polar surface area (TPSA) is 82.6 Å². The maximum atomic E-state index is 12.9. The molecule has 5 rings (SSSR count). The summed E-state index contributed by atoms with van der Waals surface area (Å²) in [6, 6.07) is 17.3. The Morgan fingerprint density at radius 2 is 1.78 bits per heavy atom. The molecule has 2 aromatic carbocycles. The van der Waals surface area contributed by atoms with Crippen molar-refractivity contribution < 1.29 is 13.2 Å². The van der Waals surface area contributed by atoms with Crippen LogP contribution in [0.25, 0.3) is 10.9 Å². The third kappa shape index (κ3) is 3.48. The van der Waals surface area contributed by atoms with Gasteiger partial charge in [0, 0.05) is 30.4 Å². The fraction of sp³-hybridized carbons (Fsp3) is 0.333. The predicted octanol–water partition coefficient (Wildman–Crippen LogP) is 3.89. The Labute approximate surface area is 188 Å². The fourth-order valence-electron chi connectivity index (χ4n) is 5.00. The van der Waals surface area contributed by atoms with E-state index in [0.29, 0.717) is 38.3 Å². The standard InChI is InChI=1S/C24H26N4O3S/c1-17-6-5-7-18-10-11-21(25-22(17)18)26-23(29)27-14-12-24(13-15-27)16-28(32(2,30)31)20-9-4-3-8-19(20)24/h3-11H,12-16H2,1-2H3,(H,25,26,29). The van der Waals surface area contributed by atoms with Crippen LogP contribution in [-0.2, 0) is 15.4 Å². The molecule has 32 heavy (non-hydrogen) atoms. The van der Waals surface area contributed by atoms with E-state index in [1.165, 1.54) is 10.6 Å². The smallest absolute Gasteiger partial charge is 0.323 e. The molecule has 0 aliphatic carbocycles. The highest BCUT2D eigenvalue weighted by atomic mass is 32.2. The number of sulfonamides is 1. The van der Waals surface area contributed by atoms with Gasteiger partial charge in [-0.2, -0.15) is 0 Å². The van der Waals surface area contributed by atoms with Crippen LogP contribution >= 0.6 is 0 Å². The molecule has 2 aliphatic heterocycles. The average Bonchev–Trinajstić information content (AvgIpc) is 3.09. The molecule has 0 bridgehead atoms. The van der Waals surface area contributed by atoms with Gasteiger partial charge in [0.25, 0.3) is 0 Å². The third-order valence-electron chi connectivity index (χ3n) is 6.76. The summed E-state index contributed by atoms with van der Waals surface area (Å²) in [7, 11) is -3.35. The van der Waals surface area contributed by atoms with E-state index in [4.69, 9.17) is 0 Å². The molecule has 3 aromatic rings. The zero-order valence-electron chi connectivity index (χ0n) is 18.2. The van der Waals surface area contributed by atoms with Crippen molar-refractivity contribution in [3.63, 3.8) is 0 Å². The van der Waals surface area contributed by atoms with Crippen LogP contribution in [0.5, 0.6) is 0 Å². The number of amides is 2. The first-order chi connectivity index (χ1) is 15.3. The van der Waals surface area contributed by atoms with Gasteiger partial charge in [0.2, 0.25) is 10.0 Å². The van der Waals surface area contributed by atoms with Gasteiger partial charge in [-0.05, 0) is 49.1 Å². The third-order valence-corrected chi connectivity index (χ3v) is 7.88. The molecule has 1 saturated heterocycles. The molecule has 0 saturated carbocycles. The molecule has 0 unspecified atom stereocenters. The van der Waals surface area contributed by atoms with E-state index < -0.39 is 10.0 Å². The molecule has 1 N–H and O–H groups in total. The van der Waals surface area contributed by atoms with Crippen LogP contribution in [-0.4, -0.2) is 50.2 Å². The normalized spacial score (nSPS) is 17.6. The second kappa shape index (κ2) is 7.48. The Morgan fingerprint density at radius 3 is 2.53 bits per heavy atom. The molecule has 1 spiro atoms. The number of urea groups is 1. The Hall–Kier alpha value is -3.13. The van der Waals surface area contributed by atoms with Gasteiger partial charge in [-0.15, -0.1) is 0 Å². The molecule has 0 atom stereocenters. The lowest BCUT2D eigenvalue weighted by molar-refractivity contribution is 0.173. The quantitative estimate of drug-likeness (QED) is 0.642. The van der Waals surface area contributed by atoms with E-state index in [0.717, 1.165) is 27.7 Å². The van der Waals surface area contributed by atoms with Crippen LogP contribution in [0.4, 0.5) is 16.3 Å². The number of likely N-dealkylation sites (tertiary alicyclic amines) is 1. The largest absolute Gasteiger partial charge is 0.324 e. The van der Waals surface area contributed by atoms with Gasteiger partial charge in [-0.1, -0.05) is 36.4 Å². The van der Waals surface area contributed by atoms with Crippen molar-refractivity contribution >= 4 is 38.5 Å². The fourth-order valence-corrected chi connectivity index (χ4v) is 6.00. The van der Waals surface area contributed by atoms with Crippen molar-refractivity contribution in [1.29, 1.82) is 0 Å². The average molecular weight is 451 g/mol. The van der Waals surface area contributed by atoms with Crippen molar-refractivity contribution in [2.45, 2.75) is 25.2 Å². The number of benzene rings is 2. The molecule has 1 fully saturated rings. The number of fused-ring (bicyclic) bond motifs is 3. The maximum Gasteiger partial charge on any atom is 0.323 e. The van der Waals surface area contributed by atoms with Gasteiger partial charge in [0.1, 0.15) is 5.82 Å². The SMILES string of the molecule is Cc1cccc2ccc(NC(=O)N3CCC4(CC3)CN(S(C)(=O)=O)c3ccccc34)nc12. The summed E-state index contributed by atoms with van der Waals surface area (Å²) in [6.07, 6.45) is 2.69. The van der Waals surface area contributed by atoms with Gasteiger partial charge in [-0.3, -0.25) is 9.62 Å². The van der Waals surface area contributed by atoms with Gasteiger partial charge >= 0.3 is 6.03 Å². The molecule has 7 nitrogen and oxygen atoms in total. The molecule has 1 aromatic heterocycles. The Bertz CT molecular complexity index is 1310. The number of hydrogen-bond acceptors (Lipinski definition) is 4. The van der Waals surface area contributed by atoms with E-state index >= 15 is 0 Å². The summed E-state index contributed by atoms with van der Waals surface area (Å²) in [4.78, 5) is 19.3. The number of rotatable bonds is 2. The predicted molar refractivity (Wildman–Crippen MR) is 127 cm³/mol. The second-order valence-electron chi connectivity index (χ2n) is 8.83. The van der Waals surface area contributed by atoms with E-state index in [1.807, 2.05) is 61.5 Å². The maximum absolute atomic E-state index is 12.9. The van der Waals surface area contributed by atoms with Crippen molar-refractivity contribution in [2.24, 2.45) is 0 Å². The van der Waals surface area contributed by atoms with Crippen LogP contribution in [0.15, 0.2) is 54.6 Å². The van der Waals surface area contributed by atoms with Crippen molar-refractivity contribution in [1.82, 2.24) is 9.88 Å². The minimum absolute atomic E-state index is 0.175. The van der Waals surface area contributed by atoms with Gasteiger partial charge in [0.05, 0.1) is 17.5 Å². The van der Waals surface area contributed by atoms with Crippen LogP contribution in [0, 0.1) is 6.92 Å². The summed E-state index contributed by atoms with van der Waals surface area (Å²) in [5.41, 5.74) is 3.52. The highest BCUT2D eigenvalue weighted by Gasteiger charge is 2.47. The number of nitrogens with zero attached hydrogens (tertiary/aromatic N) is 3. The lowest BCUT2D eigenvalue weighted by Crippen LogP contribution is -2.48. The summed E-state index contributed by atoms with van der Waals surface area (Å²) < 4.78 is 26.2. The van der Waals surface area contributed by atoms with E-state index in [2.05, 4.69) is 10.3 Å². The molecule has 166 valence electrons. The minimum Gasteiger partial charge on any atom is -0.324 e. The molecule has 8 heteroatoms.